The molecule has 0 aliphatic heterocycles. The molecule has 2 N–H and O–H groups in total. The molecule has 1 heterocycles. The highest BCUT2D eigenvalue weighted by Gasteiger charge is 2.73. The zero-order valence-electron chi connectivity index (χ0n) is 13.7. The number of carbonyl (C=O) groups is 1. The van der Waals surface area contributed by atoms with Crippen molar-refractivity contribution in [2.45, 2.75) is 24.9 Å². The highest BCUT2D eigenvalue weighted by atomic mass is 32.1. The Morgan fingerprint density at radius 3 is 2.00 bits per heavy atom. The number of aromatic nitrogens is 2. The van der Waals surface area contributed by atoms with Gasteiger partial charge in [0.1, 0.15) is 10.8 Å². The molecule has 1 aromatic heterocycles. The lowest BCUT2D eigenvalue weighted by molar-refractivity contribution is -0.294. The van der Waals surface area contributed by atoms with Crippen molar-refractivity contribution in [3.8, 4) is 5.75 Å². The van der Waals surface area contributed by atoms with Gasteiger partial charge in [-0.25, -0.2) is 0 Å². The summed E-state index contributed by atoms with van der Waals surface area (Å²) in [6, 6.07) is 4.50. The van der Waals surface area contributed by atoms with Crippen molar-refractivity contribution in [2.75, 3.05) is 12.4 Å². The summed E-state index contributed by atoms with van der Waals surface area (Å²) >= 11 is 0.473. The number of methoxy groups -OCH3 is 1. The van der Waals surface area contributed by atoms with Crippen LogP contribution in [0.5, 0.6) is 5.75 Å². The minimum atomic E-state index is -5.94. The Balaban J connectivity index is 2.45. The molecule has 148 valence electrons. The second kappa shape index (κ2) is 7.21. The van der Waals surface area contributed by atoms with E-state index in [2.05, 4.69) is 10.2 Å². The molecule has 0 aliphatic rings. The molecule has 0 atom stereocenters. The first kappa shape index (κ1) is 20.7. The smallest absolute Gasteiger partial charge is 0.439 e. The molecular weight excluding hydrogens is 402 g/mol. The van der Waals surface area contributed by atoms with Crippen LogP contribution in [0.15, 0.2) is 24.3 Å². The van der Waals surface area contributed by atoms with Gasteiger partial charge in [-0.05, 0) is 31.2 Å². The van der Waals surface area contributed by atoms with Gasteiger partial charge in [0.2, 0.25) is 5.13 Å². The van der Waals surface area contributed by atoms with E-state index in [9.17, 15) is 31.1 Å². The van der Waals surface area contributed by atoms with Crippen molar-refractivity contribution in [1.82, 2.24) is 15.5 Å². The van der Waals surface area contributed by atoms with Gasteiger partial charge in [-0.3, -0.25) is 4.79 Å². The second-order valence-corrected chi connectivity index (χ2v) is 6.36. The quantitative estimate of drug-likeness (QED) is 0.579. The standard InChI is InChI=1S/C14H12F6N4O2S/c1-7-23-24-11(27-7)22-12(13(15,16)17,14(18,19)20)21-10(25)8-3-5-9(26-2)6-4-8/h3-6H,1-2H3,(H,21,25)(H,22,24). The van der Waals surface area contributed by atoms with Crippen molar-refractivity contribution in [2.24, 2.45) is 0 Å². The third-order valence-corrected chi connectivity index (χ3v) is 4.08. The maximum atomic E-state index is 13.5. The van der Waals surface area contributed by atoms with Gasteiger partial charge in [0, 0.05) is 5.56 Å². The van der Waals surface area contributed by atoms with Crippen molar-refractivity contribution in [3.63, 3.8) is 0 Å². The average molecular weight is 414 g/mol. The molecule has 0 radical (unpaired) electrons. The molecular formula is C14H12F6N4O2S. The number of halogens is 6. The van der Waals surface area contributed by atoms with Gasteiger partial charge in [0.25, 0.3) is 5.91 Å². The molecule has 2 rings (SSSR count). The van der Waals surface area contributed by atoms with E-state index in [0.717, 1.165) is 17.4 Å². The predicted octanol–water partition coefficient (Wildman–Crippen LogP) is 3.52. The van der Waals surface area contributed by atoms with Crippen LogP contribution in [0.3, 0.4) is 0 Å². The summed E-state index contributed by atoms with van der Waals surface area (Å²) in [6.07, 6.45) is -11.9. The Morgan fingerprint density at radius 1 is 1.04 bits per heavy atom. The fourth-order valence-electron chi connectivity index (χ4n) is 1.97. The van der Waals surface area contributed by atoms with Crippen LogP contribution in [0.1, 0.15) is 15.4 Å². The third kappa shape index (κ3) is 4.23. The molecule has 1 amide bonds. The molecule has 0 unspecified atom stereocenters. The number of amides is 1. The molecule has 2 aromatic rings. The van der Waals surface area contributed by atoms with Crippen LogP contribution in [0, 0.1) is 6.92 Å². The number of hydrogen-bond acceptors (Lipinski definition) is 6. The molecule has 6 nitrogen and oxygen atoms in total. The maximum absolute atomic E-state index is 13.5. The van der Waals surface area contributed by atoms with E-state index in [1.807, 2.05) is 0 Å². The summed E-state index contributed by atoms with van der Waals surface area (Å²) < 4.78 is 85.8. The molecule has 0 spiro atoms. The van der Waals surface area contributed by atoms with E-state index in [4.69, 9.17) is 4.74 Å². The van der Waals surface area contributed by atoms with Gasteiger partial charge in [0.05, 0.1) is 7.11 Å². The zero-order chi connectivity index (χ0) is 20.5. The van der Waals surface area contributed by atoms with Gasteiger partial charge in [-0.15, -0.1) is 10.2 Å². The molecule has 0 saturated heterocycles. The topological polar surface area (TPSA) is 76.1 Å². The fraction of sp³-hybridized carbons (Fsp3) is 0.357. The number of carbonyl (C=O) groups excluding carboxylic acids is 1. The number of rotatable bonds is 5. The van der Waals surface area contributed by atoms with Gasteiger partial charge < -0.3 is 15.4 Å². The molecule has 0 fully saturated rings. The van der Waals surface area contributed by atoms with E-state index in [1.54, 1.807) is 0 Å². The summed E-state index contributed by atoms with van der Waals surface area (Å²) in [5.74, 6) is -1.33. The minimum Gasteiger partial charge on any atom is -0.497 e. The molecule has 13 heteroatoms. The molecule has 1 aromatic carbocycles. The van der Waals surface area contributed by atoms with Crippen molar-refractivity contribution in [3.05, 3.63) is 34.8 Å². The summed E-state index contributed by atoms with van der Waals surface area (Å²) in [6.45, 7) is 1.35. The van der Waals surface area contributed by atoms with E-state index in [0.29, 0.717) is 11.3 Å². The lowest BCUT2D eigenvalue weighted by Gasteiger charge is -2.37. The Morgan fingerprint density at radius 2 is 1.59 bits per heavy atom. The highest BCUT2D eigenvalue weighted by Crippen LogP contribution is 2.44. The van der Waals surface area contributed by atoms with E-state index < -0.39 is 34.6 Å². The summed E-state index contributed by atoms with van der Waals surface area (Å²) in [7, 11) is 1.31. The van der Waals surface area contributed by atoms with Crippen molar-refractivity contribution in [1.29, 1.82) is 0 Å². The number of alkyl halides is 6. The monoisotopic (exact) mass is 414 g/mol. The molecule has 0 bridgehead atoms. The molecule has 0 aliphatic carbocycles. The van der Waals surface area contributed by atoms with Crippen molar-refractivity contribution < 1.29 is 35.9 Å². The fourth-order valence-corrected chi connectivity index (χ4v) is 2.62. The number of hydrogen-bond donors (Lipinski definition) is 2. The van der Waals surface area contributed by atoms with Gasteiger partial charge in [-0.2, -0.15) is 26.3 Å². The SMILES string of the molecule is COc1ccc(C(=O)NC(Nc2nnc(C)s2)(C(F)(F)F)C(F)(F)F)cc1. The lowest BCUT2D eigenvalue weighted by atomic mass is 10.1. The van der Waals surface area contributed by atoms with Crippen LogP contribution >= 0.6 is 11.3 Å². The number of nitrogens with one attached hydrogen (secondary N) is 2. The Hall–Kier alpha value is -2.57. The zero-order valence-corrected chi connectivity index (χ0v) is 14.5. The van der Waals surface area contributed by atoms with E-state index >= 15 is 0 Å². The summed E-state index contributed by atoms with van der Waals surface area (Å²) in [5.41, 5.74) is -5.19. The first-order valence-corrected chi connectivity index (χ1v) is 7.89. The van der Waals surface area contributed by atoms with Gasteiger partial charge >= 0.3 is 18.0 Å². The Kier molecular flexibility index (Phi) is 5.54. The normalized spacial score (nSPS) is 12.6. The first-order chi connectivity index (χ1) is 12.4. The van der Waals surface area contributed by atoms with Gasteiger partial charge in [0.15, 0.2) is 0 Å². The predicted molar refractivity (Wildman–Crippen MR) is 83.6 cm³/mol. The average Bonchev–Trinajstić information content (AvgIpc) is 2.97. The lowest BCUT2D eigenvalue weighted by Crippen LogP contribution is -2.72. The molecule has 27 heavy (non-hydrogen) atoms. The minimum absolute atomic E-state index is 0.136. The van der Waals surface area contributed by atoms with Crippen LogP contribution in [-0.4, -0.2) is 41.2 Å². The van der Waals surface area contributed by atoms with Gasteiger partial charge in [-0.1, -0.05) is 11.3 Å². The van der Waals surface area contributed by atoms with Crippen LogP contribution in [0.25, 0.3) is 0 Å². The number of aryl methyl sites for hydroxylation is 1. The summed E-state index contributed by atoms with van der Waals surface area (Å²) in [5, 5.41) is 8.24. The van der Waals surface area contributed by atoms with Crippen LogP contribution in [0.4, 0.5) is 31.5 Å². The number of benzene rings is 1. The summed E-state index contributed by atoms with van der Waals surface area (Å²) in [4.78, 5) is 12.1. The highest BCUT2D eigenvalue weighted by molar-refractivity contribution is 7.15. The largest absolute Gasteiger partial charge is 0.497 e. The van der Waals surface area contributed by atoms with Crippen LogP contribution in [-0.2, 0) is 0 Å². The third-order valence-electron chi connectivity index (χ3n) is 3.32. The molecule has 0 saturated carbocycles. The second-order valence-electron chi connectivity index (χ2n) is 5.18. The maximum Gasteiger partial charge on any atom is 0.439 e. The van der Waals surface area contributed by atoms with Crippen LogP contribution < -0.4 is 15.4 Å². The Bertz CT molecular complexity index is 789. The van der Waals surface area contributed by atoms with E-state index in [1.165, 1.54) is 31.5 Å². The van der Waals surface area contributed by atoms with Crippen LogP contribution in [0.2, 0.25) is 0 Å². The van der Waals surface area contributed by atoms with E-state index in [-0.39, 0.29) is 10.8 Å². The number of ether oxygens (including phenoxy) is 1. The van der Waals surface area contributed by atoms with Crippen molar-refractivity contribution >= 4 is 22.4 Å². The number of nitrogens with zero attached hydrogens (tertiary/aromatic N) is 2. The number of anilines is 1. The first-order valence-electron chi connectivity index (χ1n) is 7.08. The Labute approximate surface area is 152 Å².